The Bertz CT molecular complexity index is 1150. The van der Waals surface area contributed by atoms with Crippen LogP contribution in [0.3, 0.4) is 0 Å². The van der Waals surface area contributed by atoms with E-state index in [1.54, 1.807) is 12.1 Å². The van der Waals surface area contributed by atoms with Crippen molar-refractivity contribution in [3.05, 3.63) is 40.2 Å². The second-order valence-electron chi connectivity index (χ2n) is 10.4. The van der Waals surface area contributed by atoms with Crippen LogP contribution in [0.4, 0.5) is 0 Å². The average molecular weight is 496 g/mol. The summed E-state index contributed by atoms with van der Waals surface area (Å²) in [6.07, 6.45) is 7.36. The van der Waals surface area contributed by atoms with Gasteiger partial charge in [0.25, 0.3) is 0 Å². The van der Waals surface area contributed by atoms with Crippen molar-refractivity contribution in [2.24, 2.45) is 5.92 Å². The van der Waals surface area contributed by atoms with Crippen LogP contribution in [0.2, 0.25) is 0 Å². The smallest absolute Gasteiger partial charge is 0.336 e. The highest BCUT2D eigenvalue weighted by Gasteiger charge is 2.40. The summed E-state index contributed by atoms with van der Waals surface area (Å²) in [5.74, 6) is 0.804. The van der Waals surface area contributed by atoms with E-state index in [2.05, 4.69) is 4.90 Å². The van der Waals surface area contributed by atoms with E-state index in [-0.39, 0.29) is 23.4 Å². The highest BCUT2D eigenvalue weighted by Crippen LogP contribution is 2.29. The minimum absolute atomic E-state index is 0.117. The average Bonchev–Trinajstić information content (AvgIpc) is 3.07. The lowest BCUT2D eigenvalue weighted by molar-refractivity contribution is -0.137. The first kappa shape index (κ1) is 24.8. The molecule has 1 saturated carbocycles. The van der Waals surface area contributed by atoms with E-state index in [1.807, 2.05) is 28.9 Å². The number of rotatable bonds is 6. The molecule has 194 valence electrons. The van der Waals surface area contributed by atoms with Crippen molar-refractivity contribution in [2.75, 3.05) is 39.3 Å². The quantitative estimate of drug-likeness (QED) is 0.451. The molecule has 0 unspecified atom stereocenters. The van der Waals surface area contributed by atoms with E-state index < -0.39 is 0 Å². The van der Waals surface area contributed by atoms with Crippen LogP contribution in [0, 0.1) is 5.92 Å². The number of hydrogen-bond acceptors (Lipinski definition) is 6. The lowest BCUT2D eigenvalue weighted by Gasteiger charge is -2.36. The van der Waals surface area contributed by atoms with Crippen LogP contribution in [0.25, 0.3) is 11.0 Å². The van der Waals surface area contributed by atoms with Crippen molar-refractivity contribution in [1.82, 2.24) is 14.7 Å². The monoisotopic (exact) mass is 495 g/mol. The molecule has 3 heterocycles. The van der Waals surface area contributed by atoms with Gasteiger partial charge in [0, 0.05) is 63.2 Å². The second-order valence-corrected chi connectivity index (χ2v) is 10.4. The number of carbonyl (C=O) groups is 2. The molecule has 3 fully saturated rings. The van der Waals surface area contributed by atoms with Gasteiger partial charge in [0.2, 0.25) is 11.8 Å². The van der Waals surface area contributed by atoms with Crippen LogP contribution < -0.4 is 10.4 Å². The molecule has 36 heavy (non-hydrogen) atoms. The molecule has 2 saturated heterocycles. The van der Waals surface area contributed by atoms with Gasteiger partial charge in [-0.25, -0.2) is 4.79 Å². The van der Waals surface area contributed by atoms with Crippen LogP contribution >= 0.6 is 0 Å². The number of ether oxygens (including phenoxy) is 1. The number of likely N-dealkylation sites (tertiary alicyclic amines) is 1. The Labute approximate surface area is 212 Å². The maximum Gasteiger partial charge on any atom is 0.336 e. The second kappa shape index (κ2) is 11.0. The number of fused-ring (bicyclic) bond motifs is 1. The Morgan fingerprint density at radius 2 is 1.78 bits per heavy atom. The molecule has 0 bridgehead atoms. The zero-order valence-electron chi connectivity index (χ0n) is 21.2. The van der Waals surface area contributed by atoms with E-state index >= 15 is 0 Å². The van der Waals surface area contributed by atoms with Gasteiger partial charge in [-0.15, -0.1) is 0 Å². The Morgan fingerprint density at radius 1 is 1.03 bits per heavy atom. The van der Waals surface area contributed by atoms with E-state index in [1.165, 1.54) is 25.7 Å². The number of nitrogens with zero attached hydrogens (tertiary/aromatic N) is 3. The van der Waals surface area contributed by atoms with Crippen LogP contribution in [0.1, 0.15) is 57.4 Å². The number of piperazine rings is 1. The molecule has 1 aromatic heterocycles. The summed E-state index contributed by atoms with van der Waals surface area (Å²) in [4.78, 5) is 44.4. The Kier molecular flexibility index (Phi) is 7.60. The van der Waals surface area contributed by atoms with Gasteiger partial charge < -0.3 is 19.0 Å². The molecule has 2 aromatic rings. The van der Waals surface area contributed by atoms with Crippen molar-refractivity contribution in [2.45, 2.75) is 64.5 Å². The summed E-state index contributed by atoms with van der Waals surface area (Å²) >= 11 is 0. The van der Waals surface area contributed by atoms with Gasteiger partial charge in [0.05, 0.1) is 12.5 Å². The van der Waals surface area contributed by atoms with Gasteiger partial charge in [-0.3, -0.25) is 14.5 Å². The molecule has 2 aliphatic heterocycles. The van der Waals surface area contributed by atoms with Crippen molar-refractivity contribution >= 4 is 22.8 Å². The fraction of sp³-hybridized carbons (Fsp3) is 0.607. The molecule has 8 heteroatoms. The van der Waals surface area contributed by atoms with Gasteiger partial charge >= 0.3 is 5.63 Å². The Morgan fingerprint density at radius 3 is 2.50 bits per heavy atom. The highest BCUT2D eigenvalue weighted by molar-refractivity contribution is 5.89. The normalized spacial score (nSPS) is 22.2. The first-order valence-corrected chi connectivity index (χ1v) is 13.5. The highest BCUT2D eigenvalue weighted by atomic mass is 16.5. The number of hydrogen-bond donors (Lipinski definition) is 0. The minimum Gasteiger partial charge on any atom is -0.494 e. The zero-order valence-corrected chi connectivity index (χ0v) is 21.2. The Balaban J connectivity index is 1.19. The van der Waals surface area contributed by atoms with E-state index in [4.69, 9.17) is 9.15 Å². The molecule has 0 radical (unpaired) electrons. The third-order valence-corrected chi connectivity index (χ3v) is 7.96. The van der Waals surface area contributed by atoms with Crippen molar-refractivity contribution in [3.8, 4) is 5.75 Å². The molecule has 1 atom stereocenters. The van der Waals surface area contributed by atoms with Crippen LogP contribution in [-0.2, 0) is 16.1 Å². The summed E-state index contributed by atoms with van der Waals surface area (Å²) in [7, 11) is 0. The van der Waals surface area contributed by atoms with E-state index in [0.29, 0.717) is 50.8 Å². The summed E-state index contributed by atoms with van der Waals surface area (Å²) in [5, 5.41) is 0.877. The first-order valence-electron chi connectivity index (χ1n) is 13.5. The molecule has 5 rings (SSSR count). The van der Waals surface area contributed by atoms with Crippen molar-refractivity contribution in [1.29, 1.82) is 0 Å². The molecular weight excluding hydrogens is 458 g/mol. The number of amides is 2. The van der Waals surface area contributed by atoms with E-state index in [9.17, 15) is 14.4 Å². The molecule has 1 aliphatic carbocycles. The Hall–Kier alpha value is -2.87. The predicted octanol–water partition coefficient (Wildman–Crippen LogP) is 3.41. The van der Waals surface area contributed by atoms with Gasteiger partial charge in [0.1, 0.15) is 11.3 Å². The summed E-state index contributed by atoms with van der Waals surface area (Å²) < 4.78 is 11.0. The van der Waals surface area contributed by atoms with E-state index in [0.717, 1.165) is 42.6 Å². The van der Waals surface area contributed by atoms with Gasteiger partial charge in [-0.1, -0.05) is 25.7 Å². The molecule has 0 spiro atoms. The maximum absolute atomic E-state index is 13.3. The zero-order chi connectivity index (χ0) is 25.1. The number of carbonyl (C=O) groups excluding carboxylic acids is 2. The topological polar surface area (TPSA) is 83.3 Å². The molecule has 1 aromatic carbocycles. The molecule has 0 N–H and O–H groups in total. The molecule has 3 aliphatic rings. The standard InChI is InChI=1S/C28H37N3O5/c1-2-35-23-9-10-25-24(17-23)20(16-27(33)36-25)18-29-11-13-30(14-12-29)28(34)21-15-26(32)31(19-21)22-7-5-3-4-6-8-22/h9-10,16-17,21-22H,2-8,11-15,18-19H2,1H3/t21-/m0/s1. The van der Waals surface area contributed by atoms with Gasteiger partial charge in [-0.05, 0) is 43.5 Å². The number of benzene rings is 1. The first-order chi connectivity index (χ1) is 17.5. The largest absolute Gasteiger partial charge is 0.494 e. The lowest BCUT2D eigenvalue weighted by atomic mass is 10.1. The summed E-state index contributed by atoms with van der Waals surface area (Å²) in [5.41, 5.74) is 1.10. The van der Waals surface area contributed by atoms with Crippen LogP contribution in [-0.4, -0.2) is 71.9 Å². The molecular formula is C28H37N3O5. The third kappa shape index (κ3) is 5.43. The van der Waals surface area contributed by atoms with Gasteiger partial charge in [-0.2, -0.15) is 0 Å². The fourth-order valence-electron chi connectivity index (χ4n) is 6.04. The van der Waals surface area contributed by atoms with Gasteiger partial charge in [0.15, 0.2) is 0 Å². The SMILES string of the molecule is CCOc1ccc2oc(=O)cc(CN3CCN(C(=O)[C@H]4CC(=O)N(C5CCCCCC5)C4)CC3)c2c1. The summed E-state index contributed by atoms with van der Waals surface area (Å²) in [6.45, 7) is 6.42. The third-order valence-electron chi connectivity index (χ3n) is 7.96. The summed E-state index contributed by atoms with van der Waals surface area (Å²) in [6, 6.07) is 7.39. The van der Waals surface area contributed by atoms with Crippen molar-refractivity contribution < 1.29 is 18.7 Å². The predicted molar refractivity (Wildman–Crippen MR) is 137 cm³/mol. The maximum atomic E-state index is 13.3. The molecule has 2 amide bonds. The fourth-order valence-corrected chi connectivity index (χ4v) is 6.04. The minimum atomic E-state index is -0.361. The van der Waals surface area contributed by atoms with Crippen LogP contribution in [0.5, 0.6) is 5.75 Å². The lowest BCUT2D eigenvalue weighted by Crippen LogP contribution is -2.50. The molecule has 8 nitrogen and oxygen atoms in total. The van der Waals surface area contributed by atoms with Crippen molar-refractivity contribution in [3.63, 3.8) is 0 Å². The van der Waals surface area contributed by atoms with Crippen LogP contribution in [0.15, 0.2) is 33.5 Å².